The topological polar surface area (TPSA) is 38.9 Å². The highest BCUT2D eigenvalue weighted by Crippen LogP contribution is 2.30. The second-order valence-electron chi connectivity index (χ2n) is 4.92. The lowest BCUT2D eigenvalue weighted by Crippen LogP contribution is -2.13. The number of fused-ring (bicyclic) bond motifs is 1. The zero-order chi connectivity index (χ0) is 14.1. The van der Waals surface area contributed by atoms with E-state index in [0.717, 1.165) is 21.0 Å². The van der Waals surface area contributed by atoms with Gasteiger partial charge in [-0.3, -0.25) is 4.98 Å². The van der Waals surface area contributed by atoms with Crippen LogP contribution in [-0.2, 0) is 0 Å². The van der Waals surface area contributed by atoms with Gasteiger partial charge in [-0.2, -0.15) is 0 Å². The number of pyridine rings is 1. The van der Waals surface area contributed by atoms with Crippen LogP contribution in [-0.4, -0.2) is 4.98 Å². The molecule has 3 aromatic rings. The highest BCUT2D eigenvalue weighted by Gasteiger charge is 2.14. The minimum atomic E-state index is -0.152. The maximum absolute atomic E-state index is 6.50. The predicted octanol–water partition coefficient (Wildman–Crippen LogP) is 4.35. The molecule has 2 N–H and O–H groups in total. The number of aryl methyl sites for hydroxylation is 1. The molecule has 0 radical (unpaired) electrons. The van der Waals surface area contributed by atoms with Crippen molar-refractivity contribution in [1.82, 2.24) is 4.98 Å². The lowest BCUT2D eigenvalue weighted by molar-refractivity contribution is 0.869. The average molecular weight is 327 g/mol. The van der Waals surface area contributed by atoms with Crippen LogP contribution in [0.25, 0.3) is 10.8 Å². The Morgan fingerprint density at radius 2 is 1.95 bits per heavy atom. The van der Waals surface area contributed by atoms with Crippen LogP contribution in [0.4, 0.5) is 0 Å². The van der Waals surface area contributed by atoms with Crippen molar-refractivity contribution in [1.29, 1.82) is 0 Å². The van der Waals surface area contributed by atoms with Gasteiger partial charge < -0.3 is 5.73 Å². The molecule has 3 heteroatoms. The number of hydrogen-bond acceptors (Lipinski definition) is 2. The van der Waals surface area contributed by atoms with Gasteiger partial charge in [0.05, 0.1) is 6.04 Å². The van der Waals surface area contributed by atoms with Crippen molar-refractivity contribution >= 4 is 26.7 Å². The molecule has 0 saturated carbocycles. The minimum Gasteiger partial charge on any atom is -0.320 e. The SMILES string of the molecule is Cc1ccc(Br)cc1C(N)c1cccc2ccncc12. The normalized spacial score (nSPS) is 12.6. The predicted molar refractivity (Wildman–Crippen MR) is 86.7 cm³/mol. The van der Waals surface area contributed by atoms with Crippen LogP contribution in [0, 0.1) is 6.92 Å². The van der Waals surface area contributed by atoms with Crippen molar-refractivity contribution in [2.45, 2.75) is 13.0 Å². The summed E-state index contributed by atoms with van der Waals surface area (Å²) in [5, 5.41) is 2.28. The summed E-state index contributed by atoms with van der Waals surface area (Å²) < 4.78 is 1.05. The number of hydrogen-bond donors (Lipinski definition) is 1. The van der Waals surface area contributed by atoms with Crippen molar-refractivity contribution in [3.63, 3.8) is 0 Å². The molecule has 0 bridgehead atoms. The maximum atomic E-state index is 6.50. The molecule has 0 amide bonds. The first kappa shape index (κ1) is 13.3. The van der Waals surface area contributed by atoms with Gasteiger partial charge in [-0.05, 0) is 47.2 Å². The molecular weight excluding hydrogens is 312 g/mol. The summed E-state index contributed by atoms with van der Waals surface area (Å²) in [5.41, 5.74) is 9.94. The Morgan fingerprint density at radius 1 is 1.10 bits per heavy atom. The van der Waals surface area contributed by atoms with E-state index in [4.69, 9.17) is 5.73 Å². The lowest BCUT2D eigenvalue weighted by Gasteiger charge is -2.17. The Bertz CT molecular complexity index is 763. The van der Waals surface area contributed by atoms with Gasteiger partial charge >= 0.3 is 0 Å². The fourth-order valence-electron chi connectivity index (χ4n) is 2.52. The molecule has 100 valence electrons. The number of benzene rings is 2. The molecule has 1 heterocycles. The van der Waals surface area contributed by atoms with Crippen LogP contribution in [0.3, 0.4) is 0 Å². The molecular formula is C17H15BrN2. The molecule has 1 atom stereocenters. The van der Waals surface area contributed by atoms with Crippen LogP contribution >= 0.6 is 15.9 Å². The summed E-state index contributed by atoms with van der Waals surface area (Å²) in [6.45, 7) is 2.09. The van der Waals surface area contributed by atoms with Gasteiger partial charge in [0, 0.05) is 22.3 Å². The number of nitrogens with two attached hydrogens (primary N) is 1. The number of aromatic nitrogens is 1. The van der Waals surface area contributed by atoms with Crippen molar-refractivity contribution in [3.05, 3.63) is 76.0 Å². The van der Waals surface area contributed by atoms with Gasteiger partial charge in [0.15, 0.2) is 0 Å². The van der Waals surface area contributed by atoms with Crippen LogP contribution in [0.1, 0.15) is 22.7 Å². The van der Waals surface area contributed by atoms with E-state index in [9.17, 15) is 0 Å². The second-order valence-corrected chi connectivity index (χ2v) is 5.84. The molecule has 1 aromatic heterocycles. The Labute approximate surface area is 126 Å². The van der Waals surface area contributed by atoms with Crippen LogP contribution in [0.15, 0.2) is 59.3 Å². The van der Waals surface area contributed by atoms with E-state index in [1.165, 1.54) is 10.9 Å². The fourth-order valence-corrected chi connectivity index (χ4v) is 2.90. The highest BCUT2D eigenvalue weighted by molar-refractivity contribution is 9.10. The molecule has 20 heavy (non-hydrogen) atoms. The first-order valence-electron chi connectivity index (χ1n) is 6.51. The largest absolute Gasteiger partial charge is 0.320 e. The Kier molecular flexibility index (Phi) is 3.55. The molecule has 0 aliphatic carbocycles. The smallest absolute Gasteiger partial charge is 0.0561 e. The van der Waals surface area contributed by atoms with Crippen molar-refractivity contribution in [3.8, 4) is 0 Å². The summed E-state index contributed by atoms with van der Waals surface area (Å²) in [6, 6.07) is 14.3. The molecule has 1 unspecified atom stereocenters. The summed E-state index contributed by atoms with van der Waals surface area (Å²) in [7, 11) is 0. The van der Waals surface area contributed by atoms with Gasteiger partial charge in [0.25, 0.3) is 0 Å². The first-order valence-corrected chi connectivity index (χ1v) is 7.30. The number of rotatable bonds is 2. The van der Waals surface area contributed by atoms with Crippen LogP contribution in [0.2, 0.25) is 0 Å². The Morgan fingerprint density at radius 3 is 2.80 bits per heavy atom. The fraction of sp³-hybridized carbons (Fsp3) is 0.118. The lowest BCUT2D eigenvalue weighted by atomic mass is 9.93. The van der Waals surface area contributed by atoms with Crippen LogP contribution in [0.5, 0.6) is 0 Å². The monoisotopic (exact) mass is 326 g/mol. The van der Waals surface area contributed by atoms with Gasteiger partial charge in [-0.15, -0.1) is 0 Å². The Balaban J connectivity index is 2.17. The van der Waals surface area contributed by atoms with E-state index in [0.29, 0.717) is 0 Å². The van der Waals surface area contributed by atoms with E-state index in [1.807, 2.05) is 30.6 Å². The summed E-state index contributed by atoms with van der Waals surface area (Å²) >= 11 is 3.52. The van der Waals surface area contributed by atoms with E-state index in [-0.39, 0.29) is 6.04 Å². The quantitative estimate of drug-likeness (QED) is 0.760. The molecule has 0 aliphatic rings. The first-order chi connectivity index (χ1) is 9.66. The number of halogens is 1. The third-order valence-corrected chi connectivity index (χ3v) is 4.12. The van der Waals surface area contributed by atoms with E-state index in [2.05, 4.69) is 52.1 Å². The van der Waals surface area contributed by atoms with Gasteiger partial charge in [-0.1, -0.05) is 40.2 Å². The molecule has 2 nitrogen and oxygen atoms in total. The molecule has 2 aromatic carbocycles. The third kappa shape index (κ3) is 2.35. The average Bonchev–Trinajstić information content (AvgIpc) is 2.48. The molecule has 0 saturated heterocycles. The molecule has 3 rings (SSSR count). The van der Waals surface area contributed by atoms with Gasteiger partial charge in [-0.25, -0.2) is 0 Å². The standard InChI is InChI=1S/C17H15BrN2/c1-11-5-6-13(18)9-15(11)17(19)14-4-2-3-12-7-8-20-10-16(12)14/h2-10,17H,19H2,1H3. The van der Waals surface area contributed by atoms with Crippen LogP contribution < -0.4 is 5.73 Å². The van der Waals surface area contributed by atoms with Gasteiger partial charge in [0.2, 0.25) is 0 Å². The summed E-state index contributed by atoms with van der Waals surface area (Å²) in [4.78, 5) is 4.22. The molecule has 0 aliphatic heterocycles. The summed E-state index contributed by atoms with van der Waals surface area (Å²) in [6.07, 6.45) is 3.69. The van der Waals surface area contributed by atoms with E-state index in [1.54, 1.807) is 0 Å². The number of nitrogens with zero attached hydrogens (tertiary/aromatic N) is 1. The van der Waals surface area contributed by atoms with Crippen molar-refractivity contribution in [2.75, 3.05) is 0 Å². The molecule has 0 fully saturated rings. The minimum absolute atomic E-state index is 0.152. The Hall–Kier alpha value is -1.71. The zero-order valence-corrected chi connectivity index (χ0v) is 12.8. The van der Waals surface area contributed by atoms with E-state index >= 15 is 0 Å². The van der Waals surface area contributed by atoms with E-state index < -0.39 is 0 Å². The second kappa shape index (κ2) is 5.35. The molecule has 0 spiro atoms. The van der Waals surface area contributed by atoms with Crippen molar-refractivity contribution < 1.29 is 0 Å². The maximum Gasteiger partial charge on any atom is 0.0561 e. The van der Waals surface area contributed by atoms with Gasteiger partial charge in [0.1, 0.15) is 0 Å². The van der Waals surface area contributed by atoms with Crippen molar-refractivity contribution in [2.24, 2.45) is 5.73 Å². The highest BCUT2D eigenvalue weighted by atomic mass is 79.9. The zero-order valence-electron chi connectivity index (χ0n) is 11.2. The summed E-state index contributed by atoms with van der Waals surface area (Å²) in [5.74, 6) is 0. The third-order valence-electron chi connectivity index (χ3n) is 3.63.